The zero-order valence-corrected chi connectivity index (χ0v) is 14.2. The number of aryl methyl sites for hydroxylation is 1. The van der Waals surface area contributed by atoms with Gasteiger partial charge in [0.2, 0.25) is 0 Å². The van der Waals surface area contributed by atoms with E-state index in [9.17, 15) is 4.79 Å². The molecule has 1 aliphatic heterocycles. The van der Waals surface area contributed by atoms with Gasteiger partial charge < -0.3 is 4.90 Å². The Bertz CT molecular complexity index is 880. The minimum absolute atomic E-state index is 0.00848. The minimum atomic E-state index is 0.00848. The number of amides is 1. The Morgan fingerprint density at radius 3 is 3.08 bits per heavy atom. The molecule has 0 spiro atoms. The smallest absolute Gasteiger partial charge is 0.273 e. The highest BCUT2D eigenvalue weighted by molar-refractivity contribution is 7.07. The first-order valence-electron chi connectivity index (χ1n) is 7.99. The van der Waals surface area contributed by atoms with E-state index < -0.39 is 0 Å². The number of likely N-dealkylation sites (tertiary alicyclic amines) is 1. The van der Waals surface area contributed by atoms with Crippen LogP contribution in [-0.2, 0) is 0 Å². The second-order valence-electron chi connectivity index (χ2n) is 5.99. The zero-order chi connectivity index (χ0) is 16.5. The lowest BCUT2D eigenvalue weighted by molar-refractivity contribution is 0.0701. The van der Waals surface area contributed by atoms with Crippen LogP contribution < -0.4 is 0 Å². The van der Waals surface area contributed by atoms with E-state index in [1.807, 2.05) is 24.0 Å². The summed E-state index contributed by atoms with van der Waals surface area (Å²) in [5, 5.41) is 2.79. The molecule has 1 aliphatic rings. The highest BCUT2D eigenvalue weighted by Gasteiger charge is 2.28. The highest BCUT2D eigenvalue weighted by atomic mass is 32.1. The van der Waals surface area contributed by atoms with Crippen LogP contribution in [0.5, 0.6) is 0 Å². The lowest BCUT2D eigenvalue weighted by Gasteiger charge is -2.32. The Kier molecular flexibility index (Phi) is 3.93. The van der Waals surface area contributed by atoms with E-state index in [4.69, 9.17) is 0 Å². The van der Waals surface area contributed by atoms with E-state index in [1.165, 1.54) is 11.3 Å². The first-order chi connectivity index (χ1) is 11.7. The second kappa shape index (κ2) is 6.24. The summed E-state index contributed by atoms with van der Waals surface area (Å²) in [6, 6.07) is 3.92. The van der Waals surface area contributed by atoms with Crippen molar-refractivity contribution >= 4 is 28.3 Å². The number of aromatic nitrogens is 4. The van der Waals surface area contributed by atoms with Crippen LogP contribution in [0.25, 0.3) is 11.0 Å². The van der Waals surface area contributed by atoms with E-state index in [0.717, 1.165) is 41.9 Å². The molecule has 0 aromatic carbocycles. The van der Waals surface area contributed by atoms with Crippen LogP contribution in [0.3, 0.4) is 0 Å². The van der Waals surface area contributed by atoms with Gasteiger partial charge in [-0.1, -0.05) is 0 Å². The summed E-state index contributed by atoms with van der Waals surface area (Å²) in [4.78, 5) is 32.1. The predicted octanol–water partition coefficient (Wildman–Crippen LogP) is 2.81. The third kappa shape index (κ3) is 2.75. The molecule has 1 amide bonds. The first kappa shape index (κ1) is 15.1. The summed E-state index contributed by atoms with van der Waals surface area (Å²) < 4.78 is 0. The van der Waals surface area contributed by atoms with Gasteiger partial charge in [0.25, 0.3) is 5.91 Å². The molecule has 0 aliphatic carbocycles. The van der Waals surface area contributed by atoms with Crippen LogP contribution in [-0.4, -0.2) is 43.8 Å². The van der Waals surface area contributed by atoms with Crippen molar-refractivity contribution < 1.29 is 4.79 Å². The molecule has 24 heavy (non-hydrogen) atoms. The fourth-order valence-electron chi connectivity index (χ4n) is 3.27. The topological polar surface area (TPSA) is 71.9 Å². The summed E-state index contributed by atoms with van der Waals surface area (Å²) in [5.74, 6) is 0.933. The monoisotopic (exact) mass is 339 g/mol. The van der Waals surface area contributed by atoms with Crippen molar-refractivity contribution in [3.05, 3.63) is 46.4 Å². The number of carbonyl (C=O) groups is 1. The lowest BCUT2D eigenvalue weighted by Crippen LogP contribution is -2.39. The molecule has 1 atom stereocenters. The maximum Gasteiger partial charge on any atom is 0.273 e. The van der Waals surface area contributed by atoms with Gasteiger partial charge in [0, 0.05) is 36.0 Å². The number of rotatable bonds is 2. The van der Waals surface area contributed by atoms with E-state index in [2.05, 4.69) is 19.9 Å². The number of carbonyl (C=O) groups excluding carboxylic acids is 1. The normalized spacial score (nSPS) is 18.0. The van der Waals surface area contributed by atoms with Gasteiger partial charge >= 0.3 is 0 Å². The molecule has 6 nitrogen and oxygen atoms in total. The lowest BCUT2D eigenvalue weighted by atomic mass is 9.92. The van der Waals surface area contributed by atoms with Crippen LogP contribution in [0.15, 0.2) is 29.2 Å². The molecule has 1 fully saturated rings. The van der Waals surface area contributed by atoms with Crippen molar-refractivity contribution in [2.75, 3.05) is 13.1 Å². The fourth-order valence-corrected chi connectivity index (χ4v) is 3.80. The van der Waals surface area contributed by atoms with Crippen molar-refractivity contribution in [2.24, 2.45) is 0 Å². The molecule has 0 unspecified atom stereocenters. The highest BCUT2D eigenvalue weighted by Crippen LogP contribution is 2.30. The number of pyridine rings is 1. The number of fused-ring (bicyclic) bond motifs is 1. The number of nitrogens with zero attached hydrogens (tertiary/aromatic N) is 5. The van der Waals surface area contributed by atoms with E-state index in [-0.39, 0.29) is 11.8 Å². The van der Waals surface area contributed by atoms with Crippen molar-refractivity contribution in [2.45, 2.75) is 25.7 Å². The van der Waals surface area contributed by atoms with Crippen LogP contribution in [0.2, 0.25) is 0 Å². The Morgan fingerprint density at radius 2 is 2.25 bits per heavy atom. The average Bonchev–Trinajstić information content (AvgIpc) is 3.15. The molecule has 0 N–H and O–H groups in total. The van der Waals surface area contributed by atoms with Crippen molar-refractivity contribution in [3.8, 4) is 0 Å². The summed E-state index contributed by atoms with van der Waals surface area (Å²) in [6.45, 7) is 3.32. The van der Waals surface area contributed by atoms with Crippen molar-refractivity contribution in [3.63, 3.8) is 0 Å². The molecule has 1 saturated heterocycles. The van der Waals surface area contributed by atoms with Crippen molar-refractivity contribution in [1.82, 2.24) is 24.8 Å². The Balaban J connectivity index is 1.66. The predicted molar refractivity (Wildman–Crippen MR) is 92.1 cm³/mol. The summed E-state index contributed by atoms with van der Waals surface area (Å²) in [6.07, 6.45) is 3.73. The molecular formula is C17H17N5OS. The fraction of sp³-hybridized carbons (Fsp3) is 0.353. The Hall–Kier alpha value is -2.41. The summed E-state index contributed by atoms with van der Waals surface area (Å²) >= 11 is 1.45. The Morgan fingerprint density at radius 1 is 1.33 bits per heavy atom. The molecule has 7 heteroatoms. The maximum atomic E-state index is 12.6. The molecule has 4 rings (SSSR count). The average molecular weight is 339 g/mol. The standard InChI is InChI=1S/C17H17N5OS/c1-11-20-15(13-5-2-6-18-16(13)21-11)12-4-3-7-22(8-12)17(23)14-9-24-10-19-14/h2,5-6,9-10,12H,3-4,7-8H2,1H3/t12-/m1/s1. The molecule has 122 valence electrons. The van der Waals surface area contributed by atoms with Crippen LogP contribution in [0, 0.1) is 6.92 Å². The van der Waals surface area contributed by atoms with Gasteiger partial charge in [0.1, 0.15) is 11.5 Å². The van der Waals surface area contributed by atoms with Crippen LogP contribution in [0.1, 0.15) is 40.8 Å². The van der Waals surface area contributed by atoms with Crippen LogP contribution in [0.4, 0.5) is 0 Å². The largest absolute Gasteiger partial charge is 0.337 e. The number of thiazole rings is 1. The quantitative estimate of drug-likeness (QED) is 0.718. The molecule has 0 saturated carbocycles. The molecule has 3 aromatic heterocycles. The molecule has 3 aromatic rings. The SMILES string of the molecule is Cc1nc([C@@H]2CCCN(C(=O)c3cscn3)C2)c2cccnc2n1. The summed E-state index contributed by atoms with van der Waals surface area (Å²) in [7, 11) is 0. The third-order valence-electron chi connectivity index (χ3n) is 4.36. The number of hydrogen-bond acceptors (Lipinski definition) is 6. The van der Waals surface area contributed by atoms with Gasteiger partial charge in [-0.05, 0) is 31.9 Å². The van der Waals surface area contributed by atoms with E-state index >= 15 is 0 Å². The van der Waals surface area contributed by atoms with Crippen molar-refractivity contribution in [1.29, 1.82) is 0 Å². The van der Waals surface area contributed by atoms with Gasteiger partial charge in [-0.25, -0.2) is 19.9 Å². The maximum absolute atomic E-state index is 12.6. The first-order valence-corrected chi connectivity index (χ1v) is 8.93. The van der Waals surface area contributed by atoms with E-state index in [1.54, 1.807) is 17.1 Å². The molecular weight excluding hydrogens is 322 g/mol. The Labute approximate surface area is 143 Å². The zero-order valence-electron chi connectivity index (χ0n) is 13.3. The second-order valence-corrected chi connectivity index (χ2v) is 6.71. The molecule has 0 bridgehead atoms. The minimum Gasteiger partial charge on any atom is -0.337 e. The van der Waals surface area contributed by atoms with Gasteiger partial charge in [-0.3, -0.25) is 4.79 Å². The molecule has 4 heterocycles. The van der Waals surface area contributed by atoms with Gasteiger partial charge in [0.05, 0.1) is 11.2 Å². The van der Waals surface area contributed by atoms with Crippen LogP contribution >= 0.6 is 11.3 Å². The third-order valence-corrected chi connectivity index (χ3v) is 4.95. The van der Waals surface area contributed by atoms with Gasteiger partial charge in [0.15, 0.2) is 5.65 Å². The van der Waals surface area contributed by atoms with Gasteiger partial charge in [-0.15, -0.1) is 11.3 Å². The van der Waals surface area contributed by atoms with E-state index in [0.29, 0.717) is 12.2 Å². The number of piperidine rings is 1. The van der Waals surface area contributed by atoms with Gasteiger partial charge in [-0.2, -0.15) is 0 Å². The molecule has 0 radical (unpaired) electrons. The summed E-state index contributed by atoms with van der Waals surface area (Å²) in [5.41, 5.74) is 3.96. The number of hydrogen-bond donors (Lipinski definition) is 0.